The maximum absolute atomic E-state index is 11.6. The highest BCUT2D eigenvalue weighted by Crippen LogP contribution is 1.99. The highest BCUT2D eigenvalue weighted by atomic mass is 16.2. The first-order chi connectivity index (χ1) is 9.84. The van der Waals surface area contributed by atoms with Crippen molar-refractivity contribution in [3.05, 3.63) is 72.6 Å². The van der Waals surface area contributed by atoms with Gasteiger partial charge in [-0.1, -0.05) is 42.5 Å². The number of allylic oxidation sites excluding steroid dienone is 1. The highest BCUT2D eigenvalue weighted by Gasteiger charge is 2.05. The quantitative estimate of drug-likeness (QED) is 0.500. The Kier molecular flexibility index (Phi) is 5.22. The lowest BCUT2D eigenvalue weighted by Crippen LogP contribution is -2.40. The molecule has 0 radical (unpaired) electrons. The second kappa shape index (κ2) is 7.63. The fraction of sp³-hybridized carbons (Fsp3) is 0.0625. The molecule has 4 nitrogen and oxygen atoms in total. The molecule has 0 atom stereocenters. The number of hydrogen-bond donors (Lipinski definition) is 1. The van der Waals surface area contributed by atoms with Crippen molar-refractivity contribution in [2.24, 2.45) is 5.10 Å². The molecule has 0 aliphatic rings. The summed E-state index contributed by atoms with van der Waals surface area (Å²) in [6.45, 7) is 0.251. The zero-order chi connectivity index (χ0) is 14.0. The molecule has 1 N–H and O–H groups in total. The Labute approximate surface area is 118 Å². The van der Waals surface area contributed by atoms with E-state index in [9.17, 15) is 4.79 Å². The maximum Gasteiger partial charge on any atom is 0.305 e. The van der Waals surface area contributed by atoms with Crippen molar-refractivity contribution in [2.45, 2.75) is 6.54 Å². The minimum Gasteiger partial charge on any atom is -0.266 e. The molecule has 1 amide bonds. The van der Waals surface area contributed by atoms with Crippen LogP contribution in [0.1, 0.15) is 5.56 Å². The van der Waals surface area contributed by atoms with Gasteiger partial charge < -0.3 is 0 Å². The predicted octanol–water partition coefficient (Wildman–Crippen LogP) is 1.79. The Balaban J connectivity index is 1.76. The number of hydrazone groups is 1. The summed E-state index contributed by atoms with van der Waals surface area (Å²) in [5.74, 6) is -0.162. The molecule has 0 fully saturated rings. The number of aromatic nitrogens is 1. The number of amides is 1. The van der Waals surface area contributed by atoms with Crippen molar-refractivity contribution in [1.82, 2.24) is 5.43 Å². The van der Waals surface area contributed by atoms with Gasteiger partial charge in [-0.25, -0.2) is 5.43 Å². The van der Waals surface area contributed by atoms with Crippen LogP contribution < -0.4 is 9.99 Å². The van der Waals surface area contributed by atoms with E-state index in [1.54, 1.807) is 16.9 Å². The van der Waals surface area contributed by atoms with Crippen molar-refractivity contribution in [1.29, 1.82) is 0 Å². The minimum absolute atomic E-state index is 0.162. The Bertz CT molecular complexity index is 592. The molecule has 0 aliphatic heterocycles. The van der Waals surface area contributed by atoms with Crippen LogP contribution in [0.15, 0.2) is 72.1 Å². The average molecular weight is 266 g/mol. The number of nitrogens with one attached hydrogen (secondary N) is 1. The molecule has 20 heavy (non-hydrogen) atoms. The first kappa shape index (κ1) is 13.7. The van der Waals surface area contributed by atoms with Crippen molar-refractivity contribution >= 4 is 18.2 Å². The van der Waals surface area contributed by atoms with E-state index in [0.717, 1.165) is 5.56 Å². The van der Waals surface area contributed by atoms with E-state index in [4.69, 9.17) is 0 Å². The number of pyridine rings is 1. The molecule has 0 bridgehead atoms. The van der Waals surface area contributed by atoms with Crippen LogP contribution in [0.2, 0.25) is 0 Å². The molecular formula is C16H16N3O+. The third-order valence-corrected chi connectivity index (χ3v) is 2.54. The highest BCUT2D eigenvalue weighted by molar-refractivity contribution is 5.80. The van der Waals surface area contributed by atoms with E-state index in [1.807, 2.05) is 67.0 Å². The van der Waals surface area contributed by atoms with Gasteiger partial charge in [-0.3, -0.25) is 4.79 Å². The van der Waals surface area contributed by atoms with Crippen LogP contribution in [-0.4, -0.2) is 12.1 Å². The predicted molar refractivity (Wildman–Crippen MR) is 78.7 cm³/mol. The summed E-state index contributed by atoms with van der Waals surface area (Å²) in [4.78, 5) is 11.6. The molecule has 0 unspecified atom stereocenters. The van der Waals surface area contributed by atoms with Gasteiger partial charge in [0.15, 0.2) is 12.4 Å². The van der Waals surface area contributed by atoms with Crippen LogP contribution in [-0.2, 0) is 11.3 Å². The minimum atomic E-state index is -0.162. The van der Waals surface area contributed by atoms with Crippen molar-refractivity contribution < 1.29 is 9.36 Å². The standard InChI is InChI=1S/C16H15N3O/c20-16(14-19-12-5-2-6-13-19)18-17-11-7-10-15-8-3-1-4-9-15/h1-13H,14H2/p+1/b10-7+,17-11?. The lowest BCUT2D eigenvalue weighted by molar-refractivity contribution is -0.684. The normalized spacial score (nSPS) is 11.0. The monoisotopic (exact) mass is 266 g/mol. The topological polar surface area (TPSA) is 45.3 Å². The van der Waals surface area contributed by atoms with Gasteiger partial charge in [0, 0.05) is 18.3 Å². The maximum atomic E-state index is 11.6. The van der Waals surface area contributed by atoms with Crippen molar-refractivity contribution in [3.63, 3.8) is 0 Å². The zero-order valence-electron chi connectivity index (χ0n) is 11.0. The van der Waals surface area contributed by atoms with E-state index >= 15 is 0 Å². The van der Waals surface area contributed by atoms with Gasteiger partial charge >= 0.3 is 5.91 Å². The van der Waals surface area contributed by atoms with Crippen LogP contribution >= 0.6 is 0 Å². The van der Waals surface area contributed by atoms with Gasteiger partial charge in [0.05, 0.1) is 0 Å². The number of carbonyl (C=O) groups excluding carboxylic acids is 1. The van der Waals surface area contributed by atoms with Gasteiger partial charge in [0.1, 0.15) is 0 Å². The third kappa shape index (κ3) is 4.86. The molecule has 2 rings (SSSR count). The second-order valence-corrected chi connectivity index (χ2v) is 4.13. The van der Waals surface area contributed by atoms with Gasteiger partial charge in [-0.2, -0.15) is 9.67 Å². The average Bonchev–Trinajstić information content (AvgIpc) is 2.49. The SMILES string of the molecule is O=C(C[n+]1ccccc1)NN=C/C=C/c1ccccc1. The van der Waals surface area contributed by atoms with Gasteiger partial charge in [-0.05, 0) is 11.6 Å². The van der Waals surface area contributed by atoms with E-state index in [2.05, 4.69) is 10.5 Å². The fourth-order valence-electron chi connectivity index (χ4n) is 1.61. The van der Waals surface area contributed by atoms with Crippen molar-refractivity contribution in [3.8, 4) is 0 Å². The van der Waals surface area contributed by atoms with Crippen molar-refractivity contribution in [2.75, 3.05) is 0 Å². The van der Waals surface area contributed by atoms with Gasteiger partial charge in [0.25, 0.3) is 0 Å². The number of rotatable bonds is 5. The molecule has 4 heteroatoms. The van der Waals surface area contributed by atoms with E-state index < -0.39 is 0 Å². The smallest absolute Gasteiger partial charge is 0.266 e. The summed E-state index contributed by atoms with van der Waals surface area (Å²) >= 11 is 0. The lowest BCUT2D eigenvalue weighted by atomic mass is 10.2. The number of benzene rings is 1. The Morgan fingerprint density at radius 3 is 2.55 bits per heavy atom. The number of hydrogen-bond acceptors (Lipinski definition) is 2. The van der Waals surface area contributed by atoms with Crippen LogP contribution in [0.3, 0.4) is 0 Å². The molecule has 1 aromatic heterocycles. The zero-order valence-corrected chi connectivity index (χ0v) is 11.0. The first-order valence-electron chi connectivity index (χ1n) is 6.32. The van der Waals surface area contributed by atoms with Gasteiger partial charge in [0.2, 0.25) is 6.54 Å². The van der Waals surface area contributed by atoms with Crippen LogP contribution in [0.25, 0.3) is 6.08 Å². The Hall–Kier alpha value is -2.75. The van der Waals surface area contributed by atoms with E-state index in [1.165, 1.54) is 0 Å². The molecule has 1 aromatic carbocycles. The molecule has 2 aromatic rings. The number of carbonyl (C=O) groups is 1. The van der Waals surface area contributed by atoms with Crippen LogP contribution in [0, 0.1) is 0 Å². The molecular weight excluding hydrogens is 250 g/mol. The lowest BCUT2D eigenvalue weighted by Gasteiger charge is -1.95. The van der Waals surface area contributed by atoms with Gasteiger partial charge in [-0.15, -0.1) is 0 Å². The molecule has 0 aliphatic carbocycles. The summed E-state index contributed by atoms with van der Waals surface area (Å²) in [5, 5.41) is 3.86. The first-order valence-corrected chi connectivity index (χ1v) is 6.32. The summed E-state index contributed by atoms with van der Waals surface area (Å²) in [7, 11) is 0. The summed E-state index contributed by atoms with van der Waals surface area (Å²) in [6.07, 6.45) is 8.92. The Morgan fingerprint density at radius 1 is 1.10 bits per heavy atom. The molecule has 0 spiro atoms. The summed E-state index contributed by atoms with van der Waals surface area (Å²) in [5.41, 5.74) is 3.56. The molecule has 100 valence electrons. The van der Waals surface area contributed by atoms with Crippen LogP contribution in [0.5, 0.6) is 0 Å². The summed E-state index contributed by atoms with van der Waals surface area (Å²) in [6, 6.07) is 15.5. The summed E-state index contributed by atoms with van der Waals surface area (Å²) < 4.78 is 1.78. The fourth-order valence-corrected chi connectivity index (χ4v) is 1.61. The number of nitrogens with zero attached hydrogens (tertiary/aromatic N) is 2. The molecule has 0 saturated carbocycles. The van der Waals surface area contributed by atoms with Crippen LogP contribution in [0.4, 0.5) is 0 Å². The third-order valence-electron chi connectivity index (χ3n) is 2.54. The second-order valence-electron chi connectivity index (χ2n) is 4.13. The molecule has 0 saturated heterocycles. The largest absolute Gasteiger partial charge is 0.305 e. The van der Waals surface area contributed by atoms with E-state index in [-0.39, 0.29) is 12.5 Å². The molecule has 1 heterocycles. The van der Waals surface area contributed by atoms with E-state index in [0.29, 0.717) is 0 Å². The Morgan fingerprint density at radius 2 is 1.80 bits per heavy atom.